The first-order valence-electron chi connectivity index (χ1n) is 1.91. The molecule has 0 aromatic heterocycles. The predicted molar refractivity (Wildman–Crippen MR) is 25.3 cm³/mol. The summed E-state index contributed by atoms with van der Waals surface area (Å²) in [5, 5.41) is 0. The Bertz CT molecular complexity index is 76.1. The summed E-state index contributed by atoms with van der Waals surface area (Å²) < 4.78 is 0. The van der Waals surface area contributed by atoms with E-state index < -0.39 is 0 Å². The summed E-state index contributed by atoms with van der Waals surface area (Å²) in [7, 11) is 0. The molecule has 0 aliphatic heterocycles. The summed E-state index contributed by atoms with van der Waals surface area (Å²) in [6, 6.07) is 12.5. The van der Waals surface area contributed by atoms with Crippen molar-refractivity contribution in [2.45, 2.75) is 0 Å². The molecule has 0 heterocycles. The molecule has 38 valence electrons. The van der Waals surface area contributed by atoms with Gasteiger partial charge in [-0.05, 0) is 0 Å². The summed E-state index contributed by atoms with van der Waals surface area (Å²) >= 11 is 0. The average molecular weight is 274 g/mol. The molecule has 0 N–H and O–H groups in total. The van der Waals surface area contributed by atoms with E-state index in [2.05, 4.69) is 6.07 Å². The molecule has 0 aliphatic carbocycles. The van der Waals surface area contributed by atoms with E-state index in [4.69, 9.17) is 0 Å². The van der Waals surface area contributed by atoms with Crippen LogP contribution in [0.25, 0.3) is 0 Å². The van der Waals surface area contributed by atoms with Gasteiger partial charge in [-0.2, -0.15) is 36.4 Å². The molecular weight excluding hydrogens is 269 g/mol. The van der Waals surface area contributed by atoms with Crippen LogP contribution in [0, 0.1) is 6.07 Å². The molecular formula is C6H5Au+2. The van der Waals surface area contributed by atoms with Crippen LogP contribution in [0.2, 0.25) is 0 Å². The molecule has 0 unspecified atom stereocenters. The molecule has 1 heteroatoms. The Morgan fingerprint density at radius 2 is 1.43 bits per heavy atom. The molecule has 0 aliphatic rings. The third-order valence-electron chi connectivity index (χ3n) is 0.607. The van der Waals surface area contributed by atoms with Crippen molar-refractivity contribution in [1.29, 1.82) is 0 Å². The molecule has 0 saturated carbocycles. The zero-order valence-corrected chi connectivity index (χ0v) is 5.85. The summed E-state index contributed by atoms with van der Waals surface area (Å²) in [5.41, 5.74) is 0. The van der Waals surface area contributed by atoms with Crippen LogP contribution in [0.3, 0.4) is 0 Å². The van der Waals surface area contributed by atoms with Crippen LogP contribution in [0.5, 0.6) is 0 Å². The molecule has 0 fully saturated rings. The molecule has 0 radical (unpaired) electrons. The van der Waals surface area contributed by atoms with Gasteiger partial charge in [0.2, 0.25) is 0 Å². The van der Waals surface area contributed by atoms with E-state index in [9.17, 15) is 0 Å². The Morgan fingerprint density at radius 1 is 0.857 bits per heavy atom. The van der Waals surface area contributed by atoms with Crippen molar-refractivity contribution in [3.05, 3.63) is 36.4 Å². The van der Waals surface area contributed by atoms with Gasteiger partial charge in [-0.1, -0.05) is 0 Å². The van der Waals surface area contributed by atoms with Crippen LogP contribution in [-0.2, 0) is 22.4 Å². The normalized spacial score (nSPS) is 6.86. The van der Waals surface area contributed by atoms with Gasteiger partial charge >= 0.3 is 22.4 Å². The molecule has 0 bridgehead atoms. The Balaban J connectivity index is 0.000000360. The van der Waals surface area contributed by atoms with Crippen molar-refractivity contribution >= 4 is 0 Å². The standard InChI is InChI=1S/C6H5.Au/c1-2-4-6-5-3-1;/h1-5H;/q-1;+3. The van der Waals surface area contributed by atoms with Crippen LogP contribution in [0.4, 0.5) is 0 Å². The van der Waals surface area contributed by atoms with Gasteiger partial charge in [-0.3, -0.25) is 0 Å². The van der Waals surface area contributed by atoms with Gasteiger partial charge in [0.25, 0.3) is 0 Å². The predicted octanol–water partition coefficient (Wildman–Crippen LogP) is 1.48. The van der Waals surface area contributed by atoms with Gasteiger partial charge < -0.3 is 0 Å². The van der Waals surface area contributed by atoms with Crippen molar-refractivity contribution in [1.82, 2.24) is 0 Å². The zero-order chi connectivity index (χ0) is 4.24. The minimum atomic E-state index is 0. The Hall–Kier alpha value is -0.0397. The third kappa shape index (κ3) is 2.63. The van der Waals surface area contributed by atoms with E-state index in [0.29, 0.717) is 0 Å². The van der Waals surface area contributed by atoms with E-state index in [1.165, 1.54) is 0 Å². The molecule has 7 heavy (non-hydrogen) atoms. The van der Waals surface area contributed by atoms with Gasteiger partial charge in [-0.15, -0.1) is 0 Å². The topological polar surface area (TPSA) is 0 Å². The fourth-order valence-electron chi connectivity index (χ4n) is 0.342. The number of benzene rings is 1. The first kappa shape index (κ1) is 6.96. The summed E-state index contributed by atoms with van der Waals surface area (Å²) in [6.45, 7) is 0. The summed E-state index contributed by atoms with van der Waals surface area (Å²) in [4.78, 5) is 0. The maximum Gasteiger partial charge on any atom is 3.00 e. The van der Waals surface area contributed by atoms with Gasteiger partial charge in [-0.25, -0.2) is 0 Å². The number of rotatable bonds is 0. The van der Waals surface area contributed by atoms with Crippen LogP contribution in [0.1, 0.15) is 0 Å². The second-order valence-corrected chi connectivity index (χ2v) is 1.08. The fraction of sp³-hybridized carbons (Fsp3) is 0. The Morgan fingerprint density at radius 3 is 1.57 bits per heavy atom. The van der Waals surface area contributed by atoms with E-state index in [-0.39, 0.29) is 22.4 Å². The van der Waals surface area contributed by atoms with E-state index >= 15 is 0 Å². The molecule has 0 spiro atoms. The third-order valence-corrected chi connectivity index (χ3v) is 0.607. The maximum atomic E-state index is 2.89. The summed E-state index contributed by atoms with van der Waals surface area (Å²) in [6.07, 6.45) is 0. The average Bonchev–Trinajstić information content (AvgIpc) is 1.72. The van der Waals surface area contributed by atoms with Crippen molar-refractivity contribution in [3.63, 3.8) is 0 Å². The van der Waals surface area contributed by atoms with E-state index in [1.807, 2.05) is 30.3 Å². The minimum Gasteiger partial charge on any atom is -0.184 e. The second kappa shape index (κ2) is 4.13. The smallest absolute Gasteiger partial charge is 0.184 e. The van der Waals surface area contributed by atoms with Crippen molar-refractivity contribution < 1.29 is 22.4 Å². The molecule has 0 saturated heterocycles. The number of hydrogen-bond acceptors (Lipinski definition) is 0. The van der Waals surface area contributed by atoms with Crippen LogP contribution < -0.4 is 0 Å². The zero-order valence-electron chi connectivity index (χ0n) is 3.69. The van der Waals surface area contributed by atoms with Crippen molar-refractivity contribution in [2.24, 2.45) is 0 Å². The molecule has 0 amide bonds. The van der Waals surface area contributed by atoms with Crippen LogP contribution in [0.15, 0.2) is 30.3 Å². The Labute approximate surface area is 59.1 Å². The number of hydrogen-bond donors (Lipinski definition) is 0. The maximum absolute atomic E-state index is 2.89. The van der Waals surface area contributed by atoms with Gasteiger partial charge in [0, 0.05) is 0 Å². The van der Waals surface area contributed by atoms with Crippen LogP contribution in [-0.4, -0.2) is 0 Å². The van der Waals surface area contributed by atoms with Crippen molar-refractivity contribution in [3.8, 4) is 0 Å². The second-order valence-electron chi connectivity index (χ2n) is 1.08. The Kier molecular flexibility index (Phi) is 4.10. The quantitative estimate of drug-likeness (QED) is 0.496. The van der Waals surface area contributed by atoms with Gasteiger partial charge in [0.1, 0.15) is 0 Å². The molecule has 1 aromatic rings. The molecule has 0 atom stereocenters. The SMILES string of the molecule is [Au+3].[c-]1ccccc1. The van der Waals surface area contributed by atoms with E-state index in [1.54, 1.807) is 0 Å². The first-order chi connectivity index (χ1) is 3.00. The molecule has 1 aromatic carbocycles. The first-order valence-corrected chi connectivity index (χ1v) is 1.91. The van der Waals surface area contributed by atoms with Crippen LogP contribution >= 0.6 is 0 Å². The van der Waals surface area contributed by atoms with E-state index in [0.717, 1.165) is 0 Å². The minimum absolute atomic E-state index is 0. The summed E-state index contributed by atoms with van der Waals surface area (Å²) in [5.74, 6) is 0. The molecule has 0 nitrogen and oxygen atoms in total. The molecule has 1 rings (SSSR count). The van der Waals surface area contributed by atoms with Crippen molar-refractivity contribution in [2.75, 3.05) is 0 Å². The van der Waals surface area contributed by atoms with Gasteiger partial charge in [0.15, 0.2) is 0 Å². The van der Waals surface area contributed by atoms with Gasteiger partial charge in [0.05, 0.1) is 0 Å². The monoisotopic (exact) mass is 274 g/mol. The largest absolute Gasteiger partial charge is 3.00 e. The fourth-order valence-corrected chi connectivity index (χ4v) is 0.342.